The van der Waals surface area contributed by atoms with Crippen molar-refractivity contribution in [3.8, 4) is 0 Å². The third-order valence-electron chi connectivity index (χ3n) is 3.88. The van der Waals surface area contributed by atoms with Gasteiger partial charge in [-0.15, -0.1) is 0 Å². The molecule has 2 atom stereocenters. The molecule has 0 saturated carbocycles. The van der Waals surface area contributed by atoms with Gasteiger partial charge in [-0.05, 0) is 49.6 Å². The van der Waals surface area contributed by atoms with Crippen molar-refractivity contribution < 1.29 is 14.3 Å². The highest BCUT2D eigenvalue weighted by Crippen LogP contribution is 2.17. The zero-order chi connectivity index (χ0) is 17.1. The number of nitrogens with one attached hydrogen (secondary N) is 1. The van der Waals surface area contributed by atoms with E-state index in [1.807, 2.05) is 24.1 Å². The zero-order valence-corrected chi connectivity index (χ0v) is 14.5. The molecule has 2 aromatic rings. The Balaban J connectivity index is 1.65. The molecule has 1 aromatic heterocycles. The van der Waals surface area contributed by atoms with Gasteiger partial charge in [0.15, 0.2) is 0 Å². The number of nitrogens with zero attached hydrogens (tertiary/aromatic N) is 1. The van der Waals surface area contributed by atoms with Crippen molar-refractivity contribution in [3.05, 3.63) is 52.2 Å². The topological polar surface area (TPSA) is 58.6 Å². The monoisotopic (exact) mass is 344 g/mol. The Labute approximate surface area is 145 Å². The van der Waals surface area contributed by atoms with E-state index in [9.17, 15) is 9.59 Å². The van der Waals surface area contributed by atoms with Gasteiger partial charge in [-0.3, -0.25) is 9.59 Å². The van der Waals surface area contributed by atoms with Crippen LogP contribution in [0.5, 0.6) is 0 Å². The SMILES string of the molecule is C[C@H]1CN(C(=O)c2ccc(NC(=O)c3ccsc3)cc2)C[C@H](C)O1. The van der Waals surface area contributed by atoms with Crippen molar-refractivity contribution in [1.29, 1.82) is 0 Å². The number of morpholine rings is 1. The van der Waals surface area contributed by atoms with Gasteiger partial charge in [0.05, 0.1) is 17.8 Å². The second kappa shape index (κ2) is 7.15. The van der Waals surface area contributed by atoms with Gasteiger partial charge in [-0.1, -0.05) is 0 Å². The second-order valence-electron chi connectivity index (χ2n) is 6.01. The van der Waals surface area contributed by atoms with E-state index in [4.69, 9.17) is 4.74 Å². The van der Waals surface area contributed by atoms with Gasteiger partial charge < -0.3 is 15.0 Å². The molecule has 2 amide bonds. The van der Waals surface area contributed by atoms with Gasteiger partial charge in [-0.2, -0.15) is 11.3 Å². The Hall–Kier alpha value is -2.18. The molecule has 1 N–H and O–H groups in total. The van der Waals surface area contributed by atoms with Crippen LogP contribution < -0.4 is 5.32 Å². The van der Waals surface area contributed by atoms with Gasteiger partial charge >= 0.3 is 0 Å². The van der Waals surface area contributed by atoms with Crippen molar-refractivity contribution in [2.75, 3.05) is 18.4 Å². The number of ether oxygens (including phenoxy) is 1. The van der Waals surface area contributed by atoms with Crippen LogP contribution in [0.1, 0.15) is 34.6 Å². The number of anilines is 1. The van der Waals surface area contributed by atoms with E-state index in [1.54, 1.807) is 35.7 Å². The molecule has 6 heteroatoms. The minimum atomic E-state index is -0.147. The van der Waals surface area contributed by atoms with Crippen molar-refractivity contribution in [2.24, 2.45) is 0 Å². The van der Waals surface area contributed by atoms with Gasteiger partial charge in [0, 0.05) is 29.7 Å². The first-order chi connectivity index (χ1) is 11.5. The normalized spacial score (nSPS) is 20.7. The molecule has 126 valence electrons. The average molecular weight is 344 g/mol. The maximum Gasteiger partial charge on any atom is 0.256 e. The number of hydrogen-bond donors (Lipinski definition) is 1. The lowest BCUT2D eigenvalue weighted by Gasteiger charge is -2.35. The summed E-state index contributed by atoms with van der Waals surface area (Å²) in [6.07, 6.45) is 0.0868. The highest BCUT2D eigenvalue weighted by atomic mass is 32.1. The van der Waals surface area contributed by atoms with Gasteiger partial charge in [0.2, 0.25) is 0 Å². The summed E-state index contributed by atoms with van der Waals surface area (Å²) < 4.78 is 5.66. The molecule has 24 heavy (non-hydrogen) atoms. The molecule has 5 nitrogen and oxygen atoms in total. The number of carbonyl (C=O) groups is 2. The van der Waals surface area contributed by atoms with Crippen molar-refractivity contribution in [1.82, 2.24) is 4.90 Å². The summed E-state index contributed by atoms with van der Waals surface area (Å²) in [5, 5.41) is 6.49. The zero-order valence-electron chi connectivity index (χ0n) is 13.7. The summed E-state index contributed by atoms with van der Waals surface area (Å²) in [4.78, 5) is 26.4. The van der Waals surface area contributed by atoms with Crippen LogP contribution in [0.2, 0.25) is 0 Å². The molecular weight excluding hydrogens is 324 g/mol. The lowest BCUT2D eigenvalue weighted by Crippen LogP contribution is -2.48. The number of benzene rings is 1. The van der Waals surface area contributed by atoms with Crippen molar-refractivity contribution in [2.45, 2.75) is 26.1 Å². The molecule has 2 heterocycles. The molecule has 1 aliphatic heterocycles. The summed E-state index contributed by atoms with van der Waals surface area (Å²) in [5.74, 6) is -0.154. The van der Waals surface area contributed by atoms with Crippen LogP contribution in [0.15, 0.2) is 41.1 Å². The molecule has 0 radical (unpaired) electrons. The molecule has 0 bridgehead atoms. The lowest BCUT2D eigenvalue weighted by molar-refractivity contribution is -0.0586. The number of rotatable bonds is 3. The molecule has 0 spiro atoms. The van der Waals surface area contributed by atoms with E-state index in [0.717, 1.165) is 0 Å². The van der Waals surface area contributed by atoms with Crippen molar-refractivity contribution >= 4 is 28.8 Å². The molecule has 1 fully saturated rings. The molecule has 1 aromatic carbocycles. The number of carbonyl (C=O) groups excluding carboxylic acids is 2. The van der Waals surface area contributed by atoms with Crippen LogP contribution in [0.25, 0.3) is 0 Å². The predicted octanol–water partition coefficient (Wildman–Crippen LogP) is 3.25. The highest BCUT2D eigenvalue weighted by molar-refractivity contribution is 7.08. The smallest absolute Gasteiger partial charge is 0.256 e. The van der Waals surface area contributed by atoms with Crippen molar-refractivity contribution in [3.63, 3.8) is 0 Å². The maximum atomic E-state index is 12.6. The fourth-order valence-electron chi connectivity index (χ4n) is 2.82. The van der Waals surface area contributed by atoms with Gasteiger partial charge in [-0.25, -0.2) is 0 Å². The van der Waals surface area contributed by atoms with Crippen LogP contribution in [-0.4, -0.2) is 42.0 Å². The molecule has 3 rings (SSSR count). The third kappa shape index (κ3) is 3.83. The Morgan fingerprint density at radius 1 is 1.08 bits per heavy atom. The molecule has 0 unspecified atom stereocenters. The van der Waals surface area contributed by atoms with E-state index in [1.165, 1.54) is 11.3 Å². The lowest BCUT2D eigenvalue weighted by atomic mass is 10.1. The highest BCUT2D eigenvalue weighted by Gasteiger charge is 2.26. The van der Waals surface area contributed by atoms with E-state index >= 15 is 0 Å². The third-order valence-corrected chi connectivity index (χ3v) is 4.56. The summed E-state index contributed by atoms with van der Waals surface area (Å²) in [6.45, 7) is 5.14. The molecule has 0 aliphatic carbocycles. The van der Waals surface area contributed by atoms with Gasteiger partial charge in [0.1, 0.15) is 0 Å². The fraction of sp³-hybridized carbons (Fsp3) is 0.333. The number of thiophene rings is 1. The summed E-state index contributed by atoms with van der Waals surface area (Å²) in [5.41, 5.74) is 1.92. The quantitative estimate of drug-likeness (QED) is 0.930. The van der Waals surface area contributed by atoms with Crippen LogP contribution in [0.3, 0.4) is 0 Å². The summed E-state index contributed by atoms with van der Waals surface area (Å²) in [7, 11) is 0. The predicted molar refractivity (Wildman–Crippen MR) is 94.6 cm³/mol. The Bertz CT molecular complexity index is 702. The summed E-state index contributed by atoms with van der Waals surface area (Å²) in [6, 6.07) is 8.78. The Morgan fingerprint density at radius 2 is 1.75 bits per heavy atom. The molecular formula is C18H20N2O3S. The minimum absolute atomic E-state index is 0.00675. The fourth-order valence-corrected chi connectivity index (χ4v) is 3.46. The number of amides is 2. The summed E-state index contributed by atoms with van der Waals surface area (Å²) >= 11 is 1.48. The average Bonchev–Trinajstić information content (AvgIpc) is 3.08. The van der Waals surface area contributed by atoms with E-state index < -0.39 is 0 Å². The second-order valence-corrected chi connectivity index (χ2v) is 6.79. The number of hydrogen-bond acceptors (Lipinski definition) is 4. The molecule has 1 saturated heterocycles. The van der Waals surface area contributed by atoms with E-state index in [2.05, 4.69) is 5.32 Å². The van der Waals surface area contributed by atoms with E-state index in [-0.39, 0.29) is 24.0 Å². The van der Waals surface area contributed by atoms with Crippen LogP contribution in [0.4, 0.5) is 5.69 Å². The molecule has 1 aliphatic rings. The van der Waals surface area contributed by atoms with Gasteiger partial charge in [0.25, 0.3) is 11.8 Å². The first kappa shape index (κ1) is 16.7. The van der Waals surface area contributed by atoms with Crippen LogP contribution >= 0.6 is 11.3 Å². The Morgan fingerprint density at radius 3 is 2.33 bits per heavy atom. The maximum absolute atomic E-state index is 12.6. The van der Waals surface area contributed by atoms with E-state index in [0.29, 0.717) is 29.9 Å². The first-order valence-corrected chi connectivity index (χ1v) is 8.85. The standard InChI is InChI=1S/C18H20N2O3S/c1-12-9-20(10-13(2)23-12)18(22)14-3-5-16(6-4-14)19-17(21)15-7-8-24-11-15/h3-8,11-13H,9-10H2,1-2H3,(H,19,21)/t12-,13-/m0/s1. The minimum Gasteiger partial charge on any atom is -0.372 e. The first-order valence-electron chi connectivity index (χ1n) is 7.91. The Kier molecular flexibility index (Phi) is 4.97. The largest absolute Gasteiger partial charge is 0.372 e. The van der Waals surface area contributed by atoms with Crippen LogP contribution in [0, 0.1) is 0 Å². The van der Waals surface area contributed by atoms with Crippen LogP contribution in [-0.2, 0) is 4.74 Å².